The Morgan fingerprint density at radius 2 is 1.69 bits per heavy atom. The van der Waals surface area contributed by atoms with Crippen LogP contribution < -0.4 is 0 Å². The number of carboxylic acids is 1. The molecular formula is C25H42O4. The lowest BCUT2D eigenvalue weighted by atomic mass is 9.43. The van der Waals surface area contributed by atoms with Crippen LogP contribution in [0.2, 0.25) is 0 Å². The van der Waals surface area contributed by atoms with Gasteiger partial charge in [-0.15, -0.1) is 0 Å². The van der Waals surface area contributed by atoms with E-state index in [1.165, 1.54) is 25.7 Å². The monoisotopic (exact) mass is 406 g/mol. The first-order valence-electron chi connectivity index (χ1n) is 12.2. The minimum Gasteiger partial charge on any atom is -0.481 e. The third-order valence-electron chi connectivity index (χ3n) is 10.5. The van der Waals surface area contributed by atoms with E-state index < -0.39 is 5.97 Å². The average molecular weight is 407 g/mol. The van der Waals surface area contributed by atoms with Gasteiger partial charge in [0.2, 0.25) is 0 Å². The van der Waals surface area contributed by atoms with Crippen molar-refractivity contribution < 1.29 is 20.1 Å². The maximum atomic E-state index is 11.3. The van der Waals surface area contributed by atoms with Crippen molar-refractivity contribution in [3.8, 4) is 0 Å². The van der Waals surface area contributed by atoms with Gasteiger partial charge in [-0.1, -0.05) is 20.8 Å². The van der Waals surface area contributed by atoms with E-state index in [1.54, 1.807) is 0 Å². The molecule has 3 N–H and O–H groups in total. The summed E-state index contributed by atoms with van der Waals surface area (Å²) in [4.78, 5) is 10.9. The summed E-state index contributed by atoms with van der Waals surface area (Å²) < 4.78 is 0. The lowest BCUT2D eigenvalue weighted by Crippen LogP contribution is -2.58. The Hall–Kier alpha value is -0.610. The van der Waals surface area contributed by atoms with Crippen LogP contribution in [-0.2, 0) is 4.79 Å². The zero-order valence-corrected chi connectivity index (χ0v) is 18.6. The maximum Gasteiger partial charge on any atom is 0.303 e. The van der Waals surface area contributed by atoms with Crippen molar-refractivity contribution in [1.82, 2.24) is 0 Å². The second-order valence-corrected chi connectivity index (χ2v) is 11.7. The molecule has 166 valence electrons. The number of rotatable bonds is 5. The van der Waals surface area contributed by atoms with E-state index in [1.807, 2.05) is 0 Å². The number of fused-ring (bicyclic) bond motifs is 5. The van der Waals surface area contributed by atoms with E-state index in [9.17, 15) is 15.0 Å². The summed E-state index contributed by atoms with van der Waals surface area (Å²) in [6.45, 7) is 7.30. The van der Waals surface area contributed by atoms with Crippen molar-refractivity contribution >= 4 is 5.97 Å². The van der Waals surface area contributed by atoms with Gasteiger partial charge in [0.05, 0.1) is 12.2 Å². The first kappa shape index (κ1) is 21.6. The number of aliphatic hydroxyl groups excluding tert-OH is 2. The fraction of sp³-hybridized carbons (Fsp3) is 0.960. The fourth-order valence-corrected chi connectivity index (χ4v) is 8.95. The largest absolute Gasteiger partial charge is 0.481 e. The number of aliphatic hydroxyl groups is 2. The van der Waals surface area contributed by atoms with Crippen LogP contribution in [0.5, 0.6) is 0 Å². The van der Waals surface area contributed by atoms with Crippen molar-refractivity contribution in [3.63, 3.8) is 0 Å². The van der Waals surface area contributed by atoms with Gasteiger partial charge >= 0.3 is 5.97 Å². The van der Waals surface area contributed by atoms with Gasteiger partial charge in [0.25, 0.3) is 0 Å². The van der Waals surface area contributed by atoms with E-state index in [2.05, 4.69) is 20.8 Å². The van der Waals surface area contributed by atoms with Crippen molar-refractivity contribution in [2.45, 2.75) is 104 Å². The molecule has 0 radical (unpaired) electrons. The molecule has 0 aromatic heterocycles. The summed E-state index contributed by atoms with van der Waals surface area (Å²) >= 11 is 0. The molecule has 4 saturated carbocycles. The molecule has 0 aromatic carbocycles. The highest BCUT2D eigenvalue weighted by Gasteiger charge is 2.62. The van der Waals surface area contributed by atoms with Crippen LogP contribution in [0, 0.1) is 46.3 Å². The minimum atomic E-state index is -0.682. The normalized spacial score (nSPS) is 50.3. The molecule has 0 unspecified atom stereocenters. The van der Waals surface area contributed by atoms with Crippen LogP contribution >= 0.6 is 0 Å². The Morgan fingerprint density at radius 1 is 1.00 bits per heavy atom. The fourth-order valence-electron chi connectivity index (χ4n) is 8.95. The molecule has 29 heavy (non-hydrogen) atoms. The second kappa shape index (κ2) is 7.82. The van der Waals surface area contributed by atoms with Crippen molar-refractivity contribution in [2.75, 3.05) is 0 Å². The standard InChI is InChI=1S/C25H42O4/c1-15(5-4-6-22(28)29)18-7-8-19-23-20(10-12-25(18,19)3)24(2)11-9-17(26)13-16(24)14-21(23)27/h15-21,23,26-27H,4-14H2,1-3H3,(H,28,29)/t15-,16+,17-,18-,19+,20+,21+,23+,24+,25-/m1/s1. The molecule has 0 heterocycles. The molecule has 0 saturated heterocycles. The molecule has 4 rings (SSSR count). The molecule has 0 aliphatic heterocycles. The quantitative estimate of drug-likeness (QED) is 0.609. The molecule has 0 spiro atoms. The van der Waals surface area contributed by atoms with E-state index in [4.69, 9.17) is 5.11 Å². The van der Waals surface area contributed by atoms with Crippen molar-refractivity contribution in [2.24, 2.45) is 46.3 Å². The van der Waals surface area contributed by atoms with Gasteiger partial charge in [-0.3, -0.25) is 4.79 Å². The topological polar surface area (TPSA) is 77.8 Å². The van der Waals surface area contributed by atoms with Crippen LogP contribution in [0.1, 0.15) is 91.4 Å². The van der Waals surface area contributed by atoms with Gasteiger partial charge in [-0.05, 0) is 111 Å². The SMILES string of the molecule is C[C@H](CCCC(=O)O)[C@H]1CC[C@H]2[C@@H]3[C@@H](O)C[C@@H]4C[C@H](O)CC[C@]4(C)[C@H]3CC[C@]12C. The van der Waals surface area contributed by atoms with Crippen LogP contribution in [0.25, 0.3) is 0 Å². The Kier molecular flexibility index (Phi) is 5.83. The van der Waals surface area contributed by atoms with Crippen molar-refractivity contribution in [1.29, 1.82) is 0 Å². The number of hydrogen-bond acceptors (Lipinski definition) is 3. The van der Waals surface area contributed by atoms with Crippen LogP contribution in [0.4, 0.5) is 0 Å². The third kappa shape index (κ3) is 3.56. The lowest BCUT2D eigenvalue weighted by molar-refractivity contribution is -0.174. The molecule has 4 fully saturated rings. The Labute approximate surface area is 176 Å². The van der Waals surface area contributed by atoms with Gasteiger partial charge in [-0.2, -0.15) is 0 Å². The van der Waals surface area contributed by atoms with Gasteiger partial charge in [-0.25, -0.2) is 0 Å². The summed E-state index contributed by atoms with van der Waals surface area (Å²) in [6.07, 6.45) is 10.4. The van der Waals surface area contributed by atoms with E-state index >= 15 is 0 Å². The first-order valence-corrected chi connectivity index (χ1v) is 12.2. The van der Waals surface area contributed by atoms with Crippen LogP contribution in [-0.4, -0.2) is 33.5 Å². The Balaban J connectivity index is 1.51. The smallest absolute Gasteiger partial charge is 0.303 e. The molecule has 0 bridgehead atoms. The maximum absolute atomic E-state index is 11.3. The van der Waals surface area contributed by atoms with E-state index in [-0.39, 0.29) is 24.0 Å². The highest BCUT2D eigenvalue weighted by Crippen LogP contribution is 2.68. The number of carbonyl (C=O) groups is 1. The second-order valence-electron chi connectivity index (χ2n) is 11.7. The van der Waals surface area contributed by atoms with E-state index in [0.29, 0.717) is 40.9 Å². The zero-order chi connectivity index (χ0) is 21.0. The summed E-state index contributed by atoms with van der Waals surface area (Å²) in [5.74, 6) is 2.64. The molecule has 4 aliphatic carbocycles. The highest BCUT2D eigenvalue weighted by atomic mass is 16.4. The van der Waals surface area contributed by atoms with Gasteiger partial charge in [0, 0.05) is 6.42 Å². The average Bonchev–Trinajstić information content (AvgIpc) is 3.00. The van der Waals surface area contributed by atoms with Gasteiger partial charge in [0.15, 0.2) is 0 Å². The molecule has 0 aromatic rings. The summed E-state index contributed by atoms with van der Waals surface area (Å²) in [6, 6.07) is 0. The third-order valence-corrected chi connectivity index (χ3v) is 10.5. The predicted molar refractivity (Wildman–Crippen MR) is 113 cm³/mol. The molecule has 4 heteroatoms. The Morgan fingerprint density at radius 3 is 2.41 bits per heavy atom. The zero-order valence-electron chi connectivity index (χ0n) is 18.6. The van der Waals surface area contributed by atoms with Gasteiger partial charge in [0.1, 0.15) is 0 Å². The predicted octanol–water partition coefficient (Wildman–Crippen LogP) is 4.87. The molecule has 4 aliphatic rings. The summed E-state index contributed by atoms with van der Waals surface area (Å²) in [5, 5.41) is 30.5. The number of carboxylic acid groups (broad SMARTS) is 1. The minimum absolute atomic E-state index is 0.173. The van der Waals surface area contributed by atoms with Gasteiger partial charge < -0.3 is 15.3 Å². The number of aliphatic carboxylic acids is 1. The van der Waals surface area contributed by atoms with E-state index in [0.717, 1.165) is 38.5 Å². The Bertz CT molecular complexity index is 620. The summed E-state index contributed by atoms with van der Waals surface area (Å²) in [7, 11) is 0. The van der Waals surface area contributed by atoms with Crippen LogP contribution in [0.3, 0.4) is 0 Å². The lowest BCUT2D eigenvalue weighted by Gasteiger charge is -2.62. The van der Waals surface area contributed by atoms with Crippen molar-refractivity contribution in [3.05, 3.63) is 0 Å². The summed E-state index contributed by atoms with van der Waals surface area (Å²) in [5.41, 5.74) is 0.581. The molecular weight excluding hydrogens is 364 g/mol. The first-order chi connectivity index (χ1) is 13.7. The molecule has 4 nitrogen and oxygen atoms in total. The molecule has 10 atom stereocenters. The molecule has 0 amide bonds. The number of hydrogen-bond donors (Lipinski definition) is 3. The van der Waals surface area contributed by atoms with Crippen LogP contribution in [0.15, 0.2) is 0 Å². The highest BCUT2D eigenvalue weighted by molar-refractivity contribution is 5.66.